The minimum absolute atomic E-state index is 0.179. The number of nitrogens with one attached hydrogen (secondary N) is 1. The van der Waals surface area contributed by atoms with Gasteiger partial charge in [0.25, 0.3) is 5.91 Å². The van der Waals surface area contributed by atoms with Crippen molar-refractivity contribution in [3.63, 3.8) is 0 Å². The fourth-order valence-corrected chi connectivity index (χ4v) is 1.91. The minimum atomic E-state index is -1.04. The third-order valence-electron chi connectivity index (χ3n) is 2.28. The Morgan fingerprint density at radius 3 is 2.67 bits per heavy atom. The molecule has 0 saturated carbocycles. The first-order valence-corrected chi connectivity index (χ1v) is 6.35. The van der Waals surface area contributed by atoms with Gasteiger partial charge in [-0.05, 0) is 40.4 Å². The van der Waals surface area contributed by atoms with E-state index in [1.54, 1.807) is 12.1 Å². The summed E-state index contributed by atoms with van der Waals surface area (Å²) >= 11 is 3.20. The zero-order valence-electron chi connectivity index (χ0n) is 10.2. The average molecular weight is 315 g/mol. The Hall–Kier alpha value is -1.43. The van der Waals surface area contributed by atoms with Gasteiger partial charge in [0.15, 0.2) is 0 Å². The molecule has 18 heavy (non-hydrogen) atoms. The summed E-state index contributed by atoms with van der Waals surface area (Å²) in [6.45, 7) is 3.80. The molecule has 5 nitrogen and oxygen atoms in total. The van der Waals surface area contributed by atoms with Gasteiger partial charge < -0.3 is 10.4 Å². The smallest absolute Gasteiger partial charge is 0.326 e. The Morgan fingerprint density at radius 2 is 2.17 bits per heavy atom. The van der Waals surface area contributed by atoms with Crippen molar-refractivity contribution in [2.45, 2.75) is 26.3 Å². The van der Waals surface area contributed by atoms with Crippen LogP contribution in [0.2, 0.25) is 0 Å². The Kier molecular flexibility index (Phi) is 5.27. The lowest BCUT2D eigenvalue weighted by Gasteiger charge is -2.16. The number of hydrogen-bond donors (Lipinski definition) is 2. The Labute approximate surface area is 114 Å². The van der Waals surface area contributed by atoms with Crippen molar-refractivity contribution in [3.8, 4) is 0 Å². The molecule has 0 fully saturated rings. The number of pyridine rings is 1. The van der Waals surface area contributed by atoms with E-state index < -0.39 is 17.9 Å². The summed E-state index contributed by atoms with van der Waals surface area (Å²) in [7, 11) is 0. The van der Waals surface area contributed by atoms with Crippen molar-refractivity contribution in [2.24, 2.45) is 5.92 Å². The molecule has 0 bridgehead atoms. The van der Waals surface area contributed by atoms with Crippen LogP contribution < -0.4 is 5.32 Å². The van der Waals surface area contributed by atoms with Crippen LogP contribution in [0.1, 0.15) is 30.8 Å². The molecule has 0 radical (unpaired) electrons. The molecule has 0 saturated heterocycles. The highest BCUT2D eigenvalue weighted by atomic mass is 79.9. The van der Waals surface area contributed by atoms with Crippen LogP contribution in [0.3, 0.4) is 0 Å². The normalized spacial score (nSPS) is 12.2. The quantitative estimate of drug-likeness (QED) is 0.872. The lowest BCUT2D eigenvalue weighted by atomic mass is 10.0. The molecule has 0 aliphatic carbocycles. The molecule has 6 heteroatoms. The van der Waals surface area contributed by atoms with Crippen LogP contribution in [0, 0.1) is 5.92 Å². The lowest BCUT2D eigenvalue weighted by molar-refractivity contribution is -0.139. The molecule has 1 aromatic rings. The summed E-state index contributed by atoms with van der Waals surface area (Å²) in [6, 6.07) is 2.47. The SMILES string of the molecule is CC(C)CC(NC(=O)c1ncccc1Br)C(=O)O. The Morgan fingerprint density at radius 1 is 1.50 bits per heavy atom. The molecular formula is C12H15BrN2O3. The number of aliphatic carboxylic acids is 1. The summed E-state index contributed by atoms with van der Waals surface area (Å²) in [6.07, 6.45) is 1.86. The van der Waals surface area contributed by atoms with Gasteiger partial charge in [-0.2, -0.15) is 0 Å². The molecular weight excluding hydrogens is 300 g/mol. The number of carboxylic acids is 1. The van der Waals surface area contributed by atoms with Crippen LogP contribution >= 0.6 is 15.9 Å². The first-order valence-electron chi connectivity index (χ1n) is 5.56. The second kappa shape index (κ2) is 6.49. The fraction of sp³-hybridized carbons (Fsp3) is 0.417. The topological polar surface area (TPSA) is 79.3 Å². The van der Waals surface area contributed by atoms with E-state index in [-0.39, 0.29) is 11.6 Å². The number of rotatable bonds is 5. The van der Waals surface area contributed by atoms with Gasteiger partial charge in [-0.15, -0.1) is 0 Å². The van der Waals surface area contributed by atoms with E-state index in [9.17, 15) is 9.59 Å². The first kappa shape index (κ1) is 14.6. The number of carbonyl (C=O) groups is 2. The molecule has 0 spiro atoms. The molecule has 1 heterocycles. The molecule has 0 aliphatic heterocycles. The molecule has 0 aromatic carbocycles. The fourth-order valence-electron chi connectivity index (χ4n) is 1.47. The van der Waals surface area contributed by atoms with Crippen LogP contribution in [-0.4, -0.2) is 28.0 Å². The predicted molar refractivity (Wildman–Crippen MR) is 70.3 cm³/mol. The van der Waals surface area contributed by atoms with Crippen molar-refractivity contribution in [1.29, 1.82) is 0 Å². The van der Waals surface area contributed by atoms with Gasteiger partial charge >= 0.3 is 5.97 Å². The van der Waals surface area contributed by atoms with Crippen molar-refractivity contribution >= 4 is 27.8 Å². The Bertz CT molecular complexity index is 449. The maximum Gasteiger partial charge on any atom is 0.326 e. The van der Waals surface area contributed by atoms with Crippen LogP contribution in [-0.2, 0) is 4.79 Å². The minimum Gasteiger partial charge on any atom is -0.480 e. The molecule has 1 unspecified atom stereocenters. The second-order valence-corrected chi connectivity index (χ2v) is 5.18. The monoisotopic (exact) mass is 314 g/mol. The van der Waals surface area contributed by atoms with Crippen LogP contribution in [0.25, 0.3) is 0 Å². The van der Waals surface area contributed by atoms with Crippen molar-refractivity contribution in [3.05, 3.63) is 28.5 Å². The number of carbonyl (C=O) groups excluding carboxylic acids is 1. The van der Waals surface area contributed by atoms with E-state index in [1.165, 1.54) is 6.20 Å². The van der Waals surface area contributed by atoms with Gasteiger partial charge in [0.05, 0.1) is 0 Å². The number of halogens is 1. The van der Waals surface area contributed by atoms with E-state index in [1.807, 2.05) is 13.8 Å². The number of carboxylic acid groups (broad SMARTS) is 1. The van der Waals surface area contributed by atoms with E-state index in [0.29, 0.717) is 10.9 Å². The maximum atomic E-state index is 11.9. The van der Waals surface area contributed by atoms with Gasteiger partial charge in [-0.1, -0.05) is 13.8 Å². The first-order chi connectivity index (χ1) is 8.41. The van der Waals surface area contributed by atoms with Crippen LogP contribution in [0.4, 0.5) is 0 Å². The molecule has 98 valence electrons. The number of aromatic nitrogens is 1. The number of hydrogen-bond acceptors (Lipinski definition) is 3. The molecule has 2 N–H and O–H groups in total. The van der Waals surface area contributed by atoms with E-state index in [2.05, 4.69) is 26.2 Å². The van der Waals surface area contributed by atoms with E-state index >= 15 is 0 Å². The molecule has 1 aromatic heterocycles. The zero-order valence-corrected chi connectivity index (χ0v) is 11.8. The molecule has 1 atom stereocenters. The third-order valence-corrected chi connectivity index (χ3v) is 2.92. The molecule has 1 amide bonds. The summed E-state index contributed by atoms with van der Waals surface area (Å²) in [5.41, 5.74) is 0.188. The van der Waals surface area contributed by atoms with E-state index in [0.717, 1.165) is 0 Å². The Balaban J connectivity index is 2.79. The van der Waals surface area contributed by atoms with Crippen molar-refractivity contribution in [2.75, 3.05) is 0 Å². The van der Waals surface area contributed by atoms with Gasteiger partial charge in [0, 0.05) is 10.7 Å². The second-order valence-electron chi connectivity index (χ2n) is 4.33. The van der Waals surface area contributed by atoms with Crippen LogP contribution in [0.15, 0.2) is 22.8 Å². The van der Waals surface area contributed by atoms with Gasteiger partial charge in [-0.3, -0.25) is 4.79 Å². The highest BCUT2D eigenvalue weighted by Crippen LogP contribution is 2.14. The number of nitrogens with zero attached hydrogens (tertiary/aromatic N) is 1. The summed E-state index contributed by atoms with van der Waals surface area (Å²) in [4.78, 5) is 26.9. The standard InChI is InChI=1S/C12H15BrN2O3/c1-7(2)6-9(12(17)18)15-11(16)10-8(13)4-3-5-14-10/h3-5,7,9H,6H2,1-2H3,(H,15,16)(H,17,18). The van der Waals surface area contributed by atoms with Gasteiger partial charge in [0.2, 0.25) is 0 Å². The summed E-state index contributed by atoms with van der Waals surface area (Å²) < 4.78 is 0.538. The summed E-state index contributed by atoms with van der Waals surface area (Å²) in [5.74, 6) is -1.35. The largest absolute Gasteiger partial charge is 0.480 e. The maximum absolute atomic E-state index is 11.9. The lowest BCUT2D eigenvalue weighted by Crippen LogP contribution is -2.42. The van der Waals surface area contributed by atoms with Crippen molar-refractivity contribution in [1.82, 2.24) is 10.3 Å². The molecule has 1 rings (SSSR count). The number of amides is 1. The third kappa shape index (κ3) is 4.10. The van der Waals surface area contributed by atoms with E-state index in [4.69, 9.17) is 5.11 Å². The molecule has 0 aliphatic rings. The van der Waals surface area contributed by atoms with Crippen molar-refractivity contribution < 1.29 is 14.7 Å². The van der Waals surface area contributed by atoms with Crippen LogP contribution in [0.5, 0.6) is 0 Å². The highest BCUT2D eigenvalue weighted by molar-refractivity contribution is 9.10. The average Bonchev–Trinajstić information content (AvgIpc) is 2.27. The summed E-state index contributed by atoms with van der Waals surface area (Å²) in [5, 5.41) is 11.5. The van der Waals surface area contributed by atoms with Gasteiger partial charge in [-0.25, -0.2) is 9.78 Å². The van der Waals surface area contributed by atoms with Gasteiger partial charge in [0.1, 0.15) is 11.7 Å². The highest BCUT2D eigenvalue weighted by Gasteiger charge is 2.23. The zero-order chi connectivity index (χ0) is 13.7. The predicted octanol–water partition coefficient (Wildman–Crippen LogP) is 2.07.